The smallest absolute Gasteiger partial charge is 0.472 e. The highest BCUT2D eigenvalue weighted by Gasteiger charge is 2.54. The number of benzene rings is 1. The zero-order valence-corrected chi connectivity index (χ0v) is 30.5. The average Bonchev–Trinajstić information content (AvgIpc) is 3.43. The number of halogens is 2. The molecule has 1 saturated heterocycles. The van der Waals surface area contributed by atoms with Crippen LogP contribution in [0.5, 0.6) is 5.75 Å². The van der Waals surface area contributed by atoms with Crippen molar-refractivity contribution in [2.75, 3.05) is 40.0 Å². The van der Waals surface area contributed by atoms with Gasteiger partial charge in [0.25, 0.3) is 11.8 Å². The fraction of sp³-hybridized carbons (Fsp3) is 0.469. The van der Waals surface area contributed by atoms with Gasteiger partial charge in [0.2, 0.25) is 18.0 Å². The lowest BCUT2D eigenvalue weighted by molar-refractivity contribution is -0.137. The molecule has 0 unspecified atom stereocenters. The van der Waals surface area contributed by atoms with Crippen molar-refractivity contribution in [2.24, 2.45) is 5.16 Å². The number of carbonyl (C=O) groups is 5. The standard InChI is InChI=1S/C32H37F2N6O14P/c1-17-11-32(54-36-17)7-6-18(2)39-14-23(32)40-13-21(28(44)35-12-19-4-5-20(33)10-22(19)34)26(43)27(25(40)29(39)45)53-31(47)38(15-24(41)42)9-8-37(3)30(46)51-16-52-55(48,49)50/h4-5,10,13,18,23H,6-9,11-12,14-16H2,1-3H3,(H,35,44)(H,41,42)(H2,48,49,50)/t18-,23+,32-/m0/s1. The molecule has 55 heavy (non-hydrogen) atoms. The molecule has 4 heterocycles. The van der Waals surface area contributed by atoms with Gasteiger partial charge in [-0.05, 0) is 32.8 Å². The predicted octanol–water partition coefficient (Wildman–Crippen LogP) is 1.79. The van der Waals surface area contributed by atoms with Gasteiger partial charge in [-0.1, -0.05) is 11.2 Å². The summed E-state index contributed by atoms with van der Waals surface area (Å²) in [5, 5.41) is 16.1. The number of likely N-dealkylation sites (N-methyl/N-ethyl adjacent to an activating group) is 1. The average molecular weight is 799 g/mol. The van der Waals surface area contributed by atoms with Crippen molar-refractivity contribution in [3.63, 3.8) is 0 Å². The monoisotopic (exact) mass is 798 g/mol. The summed E-state index contributed by atoms with van der Waals surface area (Å²) in [5.41, 5.74) is -2.90. The van der Waals surface area contributed by atoms with Crippen molar-refractivity contribution in [1.29, 1.82) is 0 Å². The van der Waals surface area contributed by atoms with Crippen molar-refractivity contribution < 1.29 is 71.0 Å². The molecule has 1 spiro atoms. The first-order valence-corrected chi connectivity index (χ1v) is 18.1. The van der Waals surface area contributed by atoms with Gasteiger partial charge in [-0.25, -0.2) is 27.5 Å². The number of pyridine rings is 1. The Kier molecular flexibility index (Phi) is 11.9. The topological polar surface area (TPSA) is 256 Å². The van der Waals surface area contributed by atoms with Crippen LogP contribution in [0, 0.1) is 11.6 Å². The molecule has 3 aliphatic heterocycles. The predicted molar refractivity (Wildman–Crippen MR) is 181 cm³/mol. The molecule has 5 rings (SSSR count). The number of amides is 4. The van der Waals surface area contributed by atoms with E-state index in [0.29, 0.717) is 35.9 Å². The summed E-state index contributed by atoms with van der Waals surface area (Å²) < 4.78 is 54.2. The summed E-state index contributed by atoms with van der Waals surface area (Å²) >= 11 is 0. The Labute approximate surface area is 310 Å². The number of fused-ring (bicyclic) bond motifs is 5. The molecule has 3 aliphatic rings. The maximum absolute atomic E-state index is 14.4. The Hall–Kier alpha value is -5.44. The molecule has 20 nitrogen and oxygen atoms in total. The molecule has 4 N–H and O–H groups in total. The first-order chi connectivity index (χ1) is 25.8. The molecule has 0 radical (unpaired) electrons. The van der Waals surface area contributed by atoms with Gasteiger partial charge in [-0.15, -0.1) is 0 Å². The first kappa shape index (κ1) is 40.7. The minimum Gasteiger partial charge on any atom is -0.480 e. The number of aliphatic carboxylic acids is 1. The highest BCUT2D eigenvalue weighted by molar-refractivity contribution is 7.46. The maximum Gasteiger partial charge on any atom is 0.472 e. The summed E-state index contributed by atoms with van der Waals surface area (Å²) in [4.78, 5) is 106. The second-order valence-electron chi connectivity index (χ2n) is 13.1. The van der Waals surface area contributed by atoms with E-state index in [9.17, 15) is 47.2 Å². The summed E-state index contributed by atoms with van der Waals surface area (Å²) in [6.45, 7) is -0.118. The highest BCUT2D eigenvalue weighted by atomic mass is 31.2. The SMILES string of the molecule is CC1=NO[C@@]2(CC[C@H](C)N3C[C@H]2n2cc(C(=O)NCc4ccc(F)cc4F)c(=O)c(OC(=O)N(CCN(C)C(=O)OCOP(=O)(O)O)CC(=O)O)c2C3=O)C1. The minimum atomic E-state index is -4.97. The molecule has 1 aromatic heterocycles. The molecule has 0 aliphatic carbocycles. The summed E-state index contributed by atoms with van der Waals surface area (Å²) in [5.74, 6) is -6.14. The van der Waals surface area contributed by atoms with Crippen LogP contribution in [0.1, 0.15) is 65.6 Å². The summed E-state index contributed by atoms with van der Waals surface area (Å²) in [6.07, 6.45) is -0.400. The Balaban J connectivity index is 1.52. The fourth-order valence-corrected chi connectivity index (χ4v) is 6.66. The number of hydrogen-bond donors (Lipinski definition) is 4. The van der Waals surface area contributed by atoms with E-state index < -0.39 is 123 Å². The van der Waals surface area contributed by atoms with Crippen LogP contribution in [0.3, 0.4) is 0 Å². The van der Waals surface area contributed by atoms with E-state index in [2.05, 4.69) is 19.7 Å². The minimum absolute atomic E-state index is 0.0423. The zero-order chi connectivity index (χ0) is 40.4. The Morgan fingerprint density at radius 1 is 1.16 bits per heavy atom. The first-order valence-electron chi connectivity index (χ1n) is 16.6. The molecule has 2 bridgehead atoms. The van der Waals surface area contributed by atoms with E-state index in [1.165, 1.54) is 9.47 Å². The molecule has 4 amide bonds. The summed E-state index contributed by atoms with van der Waals surface area (Å²) in [7, 11) is -3.82. The number of carboxylic acid groups (broad SMARTS) is 1. The largest absolute Gasteiger partial charge is 0.480 e. The summed E-state index contributed by atoms with van der Waals surface area (Å²) in [6, 6.07) is 1.47. The molecular weight excluding hydrogens is 761 g/mol. The third-order valence-corrected chi connectivity index (χ3v) is 9.76. The Morgan fingerprint density at radius 3 is 2.53 bits per heavy atom. The zero-order valence-electron chi connectivity index (χ0n) is 29.6. The van der Waals surface area contributed by atoms with Gasteiger partial charge in [0.15, 0.2) is 11.3 Å². The number of nitrogens with zero attached hydrogens (tertiary/aromatic N) is 5. The van der Waals surface area contributed by atoms with Gasteiger partial charge in [0, 0.05) is 63.5 Å². The number of nitrogens with one attached hydrogen (secondary N) is 1. The van der Waals surface area contributed by atoms with Crippen LogP contribution in [0.15, 0.2) is 34.3 Å². The second kappa shape index (κ2) is 16.1. The molecular formula is C32H37F2N6O14P. The van der Waals surface area contributed by atoms with E-state index >= 15 is 0 Å². The van der Waals surface area contributed by atoms with Crippen molar-refractivity contribution >= 4 is 43.5 Å². The Morgan fingerprint density at radius 2 is 1.89 bits per heavy atom. The van der Waals surface area contributed by atoms with Gasteiger partial charge in [-0.3, -0.25) is 24.1 Å². The number of aromatic nitrogens is 1. The van der Waals surface area contributed by atoms with Crippen molar-refractivity contribution in [3.05, 3.63) is 63.1 Å². The molecule has 1 aromatic carbocycles. The van der Waals surface area contributed by atoms with Gasteiger partial charge < -0.3 is 48.9 Å². The third kappa shape index (κ3) is 9.10. The highest BCUT2D eigenvalue weighted by Crippen LogP contribution is 2.46. The molecule has 3 atom stereocenters. The number of carboxylic acids is 1. The second-order valence-corrected chi connectivity index (χ2v) is 14.4. The number of ether oxygens (including phenoxy) is 2. The molecule has 0 saturated carbocycles. The lowest BCUT2D eigenvalue weighted by Gasteiger charge is -2.42. The number of oxime groups is 1. The van der Waals surface area contributed by atoms with Gasteiger partial charge in [0.1, 0.15) is 23.7 Å². The van der Waals surface area contributed by atoms with Crippen LogP contribution >= 0.6 is 7.82 Å². The van der Waals surface area contributed by atoms with Crippen LogP contribution < -0.4 is 15.5 Å². The Bertz CT molecular complexity index is 2040. The van der Waals surface area contributed by atoms with E-state index in [1.807, 2.05) is 0 Å². The lowest BCUT2D eigenvalue weighted by Crippen LogP contribution is -2.53. The van der Waals surface area contributed by atoms with Crippen molar-refractivity contribution in [3.8, 4) is 5.75 Å². The molecule has 23 heteroatoms. The molecule has 298 valence electrons. The number of rotatable bonds is 12. The van der Waals surface area contributed by atoms with Gasteiger partial charge in [-0.2, -0.15) is 0 Å². The van der Waals surface area contributed by atoms with Crippen LogP contribution in [0.2, 0.25) is 0 Å². The van der Waals surface area contributed by atoms with Crippen LogP contribution in [-0.4, -0.2) is 122 Å². The van der Waals surface area contributed by atoms with Crippen LogP contribution in [0.4, 0.5) is 18.4 Å². The number of phosphoric acid groups is 1. The molecule has 2 aromatic rings. The van der Waals surface area contributed by atoms with E-state index in [-0.39, 0.29) is 12.1 Å². The number of hydrogen-bond acceptors (Lipinski definition) is 12. The normalized spacial score (nSPS) is 20.2. The van der Waals surface area contributed by atoms with Crippen molar-refractivity contribution in [1.82, 2.24) is 24.6 Å². The lowest BCUT2D eigenvalue weighted by atomic mass is 9.84. The number of carbonyl (C=O) groups excluding carboxylic acids is 4. The fourth-order valence-electron chi connectivity index (χ4n) is 6.47. The van der Waals surface area contributed by atoms with E-state index in [0.717, 1.165) is 30.3 Å². The van der Waals surface area contributed by atoms with Crippen LogP contribution in [-0.2, 0) is 30.0 Å². The maximum atomic E-state index is 14.4. The van der Waals surface area contributed by atoms with Crippen LogP contribution in [0.25, 0.3) is 0 Å². The molecule has 1 fully saturated rings. The third-order valence-electron chi connectivity index (χ3n) is 9.32. The number of phosphoric ester groups is 1. The van der Waals surface area contributed by atoms with Crippen molar-refractivity contribution in [2.45, 2.75) is 57.3 Å². The van der Waals surface area contributed by atoms with E-state index in [1.54, 1.807) is 13.8 Å². The van der Waals surface area contributed by atoms with Gasteiger partial charge >= 0.3 is 26.0 Å². The quantitative estimate of drug-likeness (QED) is 0.177. The van der Waals surface area contributed by atoms with Gasteiger partial charge in [0.05, 0.1) is 11.8 Å². The van der Waals surface area contributed by atoms with E-state index in [4.69, 9.17) is 19.4 Å².